The molecule has 1 amide bonds. The lowest BCUT2D eigenvalue weighted by Gasteiger charge is -2.08. The Morgan fingerprint density at radius 1 is 0.931 bits per heavy atom. The molecule has 3 aromatic carbocycles. The number of para-hydroxylation sites is 1. The molecular formula is C23H22N2O4. The van der Waals surface area contributed by atoms with Gasteiger partial charge >= 0.3 is 0 Å². The number of methoxy groups -OCH3 is 2. The molecule has 0 aliphatic carbocycles. The molecule has 0 saturated carbocycles. The number of hydrogen-bond acceptors (Lipinski definition) is 5. The van der Waals surface area contributed by atoms with Crippen LogP contribution in [-0.2, 0) is 4.79 Å². The molecule has 0 aliphatic rings. The maximum atomic E-state index is 11.9. The van der Waals surface area contributed by atoms with E-state index in [4.69, 9.17) is 14.2 Å². The number of amides is 1. The van der Waals surface area contributed by atoms with Gasteiger partial charge < -0.3 is 19.5 Å². The van der Waals surface area contributed by atoms with E-state index in [2.05, 4.69) is 10.3 Å². The Bertz CT molecular complexity index is 970. The Hall–Kier alpha value is -3.80. The van der Waals surface area contributed by atoms with Crippen molar-refractivity contribution in [2.45, 2.75) is 0 Å². The summed E-state index contributed by atoms with van der Waals surface area (Å²) < 4.78 is 16.1. The van der Waals surface area contributed by atoms with Crippen LogP contribution in [0.15, 0.2) is 77.8 Å². The Morgan fingerprint density at radius 3 is 2.34 bits per heavy atom. The summed E-state index contributed by atoms with van der Waals surface area (Å²) in [6.45, 7) is -0.0641. The molecule has 0 heterocycles. The molecule has 0 unspecified atom stereocenters. The number of aliphatic imine (C=N–C) groups is 1. The highest BCUT2D eigenvalue weighted by molar-refractivity contribution is 5.91. The first-order valence-corrected chi connectivity index (χ1v) is 9.02. The predicted octanol–water partition coefficient (Wildman–Crippen LogP) is 4.47. The standard InChI is InChI=1S/C23H22N2O4/c1-27-20-12-13-21(22(14-20)28-2)24-15-17-8-10-19(11-9-17)29-16-23(26)25-18-6-4-3-5-7-18/h3-15H,16H2,1-2H3,(H,25,26). The SMILES string of the molecule is COc1ccc(N=Cc2ccc(OCC(=O)Nc3ccccc3)cc2)c(OC)c1. The van der Waals surface area contributed by atoms with E-state index in [0.29, 0.717) is 22.9 Å². The van der Waals surface area contributed by atoms with E-state index in [9.17, 15) is 4.79 Å². The Morgan fingerprint density at radius 2 is 1.66 bits per heavy atom. The van der Waals surface area contributed by atoms with Gasteiger partial charge in [0.15, 0.2) is 6.61 Å². The molecule has 0 bridgehead atoms. The van der Waals surface area contributed by atoms with E-state index >= 15 is 0 Å². The minimum atomic E-state index is -0.214. The highest BCUT2D eigenvalue weighted by atomic mass is 16.5. The van der Waals surface area contributed by atoms with Crippen LogP contribution in [0.5, 0.6) is 17.2 Å². The van der Waals surface area contributed by atoms with Crippen molar-refractivity contribution >= 4 is 23.5 Å². The molecule has 0 radical (unpaired) electrons. The first-order chi connectivity index (χ1) is 14.2. The van der Waals surface area contributed by atoms with Gasteiger partial charge in [-0.25, -0.2) is 0 Å². The normalized spacial score (nSPS) is 10.6. The number of anilines is 1. The fourth-order valence-corrected chi connectivity index (χ4v) is 2.55. The molecule has 0 aromatic heterocycles. The maximum Gasteiger partial charge on any atom is 0.262 e. The smallest absolute Gasteiger partial charge is 0.262 e. The van der Waals surface area contributed by atoms with Gasteiger partial charge in [-0.3, -0.25) is 9.79 Å². The molecule has 0 atom stereocenters. The second-order valence-corrected chi connectivity index (χ2v) is 6.07. The number of rotatable bonds is 8. The van der Waals surface area contributed by atoms with Crippen LogP contribution in [0.4, 0.5) is 11.4 Å². The summed E-state index contributed by atoms with van der Waals surface area (Å²) in [5, 5.41) is 2.78. The lowest BCUT2D eigenvalue weighted by Crippen LogP contribution is -2.20. The van der Waals surface area contributed by atoms with E-state index in [1.807, 2.05) is 54.6 Å². The van der Waals surface area contributed by atoms with Gasteiger partial charge in [0.05, 0.1) is 14.2 Å². The summed E-state index contributed by atoms with van der Waals surface area (Å²) in [7, 11) is 3.19. The van der Waals surface area contributed by atoms with Gasteiger partial charge in [-0.1, -0.05) is 18.2 Å². The van der Waals surface area contributed by atoms with Gasteiger partial charge in [-0.15, -0.1) is 0 Å². The van der Waals surface area contributed by atoms with Crippen LogP contribution in [-0.4, -0.2) is 32.9 Å². The molecule has 0 saturated heterocycles. The van der Waals surface area contributed by atoms with E-state index in [1.165, 1.54) is 0 Å². The minimum Gasteiger partial charge on any atom is -0.497 e. The number of benzene rings is 3. The van der Waals surface area contributed by atoms with Crippen molar-refractivity contribution in [3.8, 4) is 17.2 Å². The van der Waals surface area contributed by atoms with Gasteiger partial charge in [0, 0.05) is 18.0 Å². The number of carbonyl (C=O) groups excluding carboxylic acids is 1. The highest BCUT2D eigenvalue weighted by Gasteiger charge is 2.05. The van der Waals surface area contributed by atoms with Crippen molar-refractivity contribution in [1.29, 1.82) is 0 Å². The quantitative estimate of drug-likeness (QED) is 0.576. The number of nitrogens with zero attached hydrogens (tertiary/aromatic N) is 1. The van der Waals surface area contributed by atoms with Crippen molar-refractivity contribution in [3.05, 3.63) is 78.4 Å². The van der Waals surface area contributed by atoms with Crippen LogP contribution in [0, 0.1) is 0 Å². The van der Waals surface area contributed by atoms with Gasteiger partial charge in [-0.05, 0) is 54.1 Å². The third-order valence-electron chi connectivity index (χ3n) is 4.05. The molecular weight excluding hydrogens is 368 g/mol. The summed E-state index contributed by atoms with van der Waals surface area (Å²) in [5.74, 6) is 1.73. The molecule has 6 heteroatoms. The van der Waals surface area contributed by atoms with Crippen LogP contribution < -0.4 is 19.5 Å². The van der Waals surface area contributed by atoms with Crippen LogP contribution in [0.1, 0.15) is 5.56 Å². The van der Waals surface area contributed by atoms with Crippen LogP contribution in [0.3, 0.4) is 0 Å². The summed E-state index contributed by atoms with van der Waals surface area (Å²) in [5.41, 5.74) is 2.33. The summed E-state index contributed by atoms with van der Waals surface area (Å²) in [6, 6.07) is 22.0. The lowest BCUT2D eigenvalue weighted by atomic mass is 10.2. The maximum absolute atomic E-state index is 11.9. The topological polar surface area (TPSA) is 69.2 Å². The number of hydrogen-bond donors (Lipinski definition) is 1. The van der Waals surface area contributed by atoms with Crippen molar-refractivity contribution < 1.29 is 19.0 Å². The number of carbonyl (C=O) groups is 1. The largest absolute Gasteiger partial charge is 0.497 e. The van der Waals surface area contributed by atoms with Crippen molar-refractivity contribution in [3.63, 3.8) is 0 Å². The first-order valence-electron chi connectivity index (χ1n) is 9.02. The zero-order chi connectivity index (χ0) is 20.5. The number of nitrogens with one attached hydrogen (secondary N) is 1. The monoisotopic (exact) mass is 390 g/mol. The highest BCUT2D eigenvalue weighted by Crippen LogP contribution is 2.31. The Kier molecular flexibility index (Phi) is 6.84. The van der Waals surface area contributed by atoms with Gasteiger partial charge in [-0.2, -0.15) is 0 Å². The molecule has 0 fully saturated rings. The zero-order valence-electron chi connectivity index (χ0n) is 16.3. The van der Waals surface area contributed by atoms with Crippen LogP contribution in [0.2, 0.25) is 0 Å². The Labute approximate surface area is 169 Å². The molecule has 148 valence electrons. The predicted molar refractivity (Wildman–Crippen MR) is 114 cm³/mol. The number of ether oxygens (including phenoxy) is 3. The lowest BCUT2D eigenvalue weighted by molar-refractivity contribution is -0.118. The first kappa shape index (κ1) is 19.9. The van der Waals surface area contributed by atoms with Crippen molar-refractivity contribution in [2.24, 2.45) is 4.99 Å². The van der Waals surface area contributed by atoms with Gasteiger partial charge in [0.1, 0.15) is 22.9 Å². The second-order valence-electron chi connectivity index (χ2n) is 6.07. The molecule has 0 spiro atoms. The molecule has 1 N–H and O–H groups in total. The molecule has 3 aromatic rings. The van der Waals surface area contributed by atoms with E-state index < -0.39 is 0 Å². The summed E-state index contributed by atoms with van der Waals surface area (Å²) in [6.07, 6.45) is 1.73. The van der Waals surface area contributed by atoms with Crippen molar-refractivity contribution in [2.75, 3.05) is 26.1 Å². The average Bonchev–Trinajstić information content (AvgIpc) is 2.77. The van der Waals surface area contributed by atoms with E-state index in [0.717, 1.165) is 11.3 Å². The third kappa shape index (κ3) is 5.84. The minimum absolute atomic E-state index is 0.0641. The van der Waals surface area contributed by atoms with Crippen molar-refractivity contribution in [1.82, 2.24) is 0 Å². The van der Waals surface area contributed by atoms with Crippen LogP contribution >= 0.6 is 0 Å². The Balaban J connectivity index is 1.56. The molecule has 6 nitrogen and oxygen atoms in total. The van der Waals surface area contributed by atoms with Gasteiger partial charge in [0.2, 0.25) is 0 Å². The van der Waals surface area contributed by atoms with E-state index in [1.54, 1.807) is 38.6 Å². The third-order valence-corrected chi connectivity index (χ3v) is 4.05. The fraction of sp³-hybridized carbons (Fsp3) is 0.130. The van der Waals surface area contributed by atoms with Crippen LogP contribution in [0.25, 0.3) is 0 Å². The summed E-state index contributed by atoms with van der Waals surface area (Å²) >= 11 is 0. The fourth-order valence-electron chi connectivity index (χ4n) is 2.55. The molecule has 29 heavy (non-hydrogen) atoms. The van der Waals surface area contributed by atoms with Gasteiger partial charge in [0.25, 0.3) is 5.91 Å². The molecule has 3 rings (SSSR count). The molecule has 0 aliphatic heterocycles. The van der Waals surface area contributed by atoms with E-state index in [-0.39, 0.29) is 12.5 Å². The second kappa shape index (κ2) is 9.94. The summed E-state index contributed by atoms with van der Waals surface area (Å²) in [4.78, 5) is 16.4. The average molecular weight is 390 g/mol. The zero-order valence-corrected chi connectivity index (χ0v) is 16.3.